The van der Waals surface area contributed by atoms with Gasteiger partial charge in [0.2, 0.25) is 0 Å². The maximum Gasteiger partial charge on any atom is -0.00134 e. The van der Waals surface area contributed by atoms with E-state index in [0.29, 0.717) is 0 Å². The van der Waals surface area contributed by atoms with Crippen molar-refractivity contribution >= 4 is 0 Å². The molecule has 1 aliphatic carbocycles. The van der Waals surface area contributed by atoms with Crippen molar-refractivity contribution in [3.63, 3.8) is 0 Å². The second-order valence-corrected chi connectivity index (χ2v) is 4.50. The predicted octanol–water partition coefficient (Wildman–Crippen LogP) is 5.93. The molecule has 0 N–H and O–H groups in total. The first kappa shape index (κ1) is 15.5. The maximum absolute atomic E-state index is 2.31. The molecule has 2 aromatic rings. The number of benzene rings is 2. The number of fused-ring (bicyclic) bond motifs is 3. The third kappa shape index (κ3) is 3.26. The van der Waals surface area contributed by atoms with E-state index < -0.39 is 0 Å². The highest BCUT2D eigenvalue weighted by molar-refractivity contribution is 5.77. The lowest BCUT2D eigenvalue weighted by atomic mass is 10.0. The van der Waals surface area contributed by atoms with E-state index in [0.717, 1.165) is 6.42 Å². The Morgan fingerprint density at radius 3 is 1.89 bits per heavy atom. The maximum atomic E-state index is 2.31. The number of hydrogen-bond acceptors (Lipinski definition) is 0. The van der Waals surface area contributed by atoms with Crippen molar-refractivity contribution in [3.05, 3.63) is 58.7 Å². The van der Waals surface area contributed by atoms with Gasteiger partial charge in [0, 0.05) is 0 Å². The Hall–Kier alpha value is -1.56. The Kier molecular flexibility index (Phi) is 5.82. The van der Waals surface area contributed by atoms with Gasteiger partial charge in [0.15, 0.2) is 0 Å². The number of rotatable bonds is 0. The van der Waals surface area contributed by atoms with Crippen LogP contribution in [0.25, 0.3) is 11.1 Å². The summed E-state index contributed by atoms with van der Waals surface area (Å²) in [6.07, 6.45) is 1.10. The normalized spacial score (nSPS) is 10.4. The summed E-state index contributed by atoms with van der Waals surface area (Å²) >= 11 is 0. The molecule has 0 heterocycles. The summed E-state index contributed by atoms with van der Waals surface area (Å²) in [5, 5.41) is 0. The van der Waals surface area contributed by atoms with Crippen LogP contribution in [0.15, 0.2) is 36.4 Å². The lowest BCUT2D eigenvalue weighted by Crippen LogP contribution is -1.80. The van der Waals surface area contributed by atoms with Gasteiger partial charge in [-0.25, -0.2) is 0 Å². The molecule has 0 unspecified atom stereocenters. The molecule has 0 saturated carbocycles. The highest BCUT2D eigenvalue weighted by Crippen LogP contribution is 2.37. The molecular weight excluding hydrogens is 228 g/mol. The molecular formula is C19H26. The van der Waals surface area contributed by atoms with Crippen molar-refractivity contribution in [1.82, 2.24) is 0 Å². The summed E-state index contributed by atoms with van der Waals surface area (Å²) in [6.45, 7) is 12.3. The Labute approximate surface area is 118 Å². The monoisotopic (exact) mass is 254 g/mol. The zero-order valence-corrected chi connectivity index (χ0v) is 13.2. The smallest absolute Gasteiger partial charge is 0.00134 e. The summed E-state index contributed by atoms with van der Waals surface area (Å²) in [5.74, 6) is 0. The van der Waals surface area contributed by atoms with Gasteiger partial charge in [-0.1, -0.05) is 75.2 Å². The van der Waals surface area contributed by atoms with Crippen LogP contribution in [-0.4, -0.2) is 0 Å². The lowest BCUT2D eigenvalue weighted by Gasteiger charge is -2.02. The lowest BCUT2D eigenvalue weighted by molar-refractivity contribution is 1.24. The van der Waals surface area contributed by atoms with Gasteiger partial charge in [0.05, 0.1) is 0 Å². The van der Waals surface area contributed by atoms with Gasteiger partial charge >= 0.3 is 0 Å². The van der Waals surface area contributed by atoms with Gasteiger partial charge in [0.1, 0.15) is 0 Å². The average molecular weight is 254 g/mol. The van der Waals surface area contributed by atoms with E-state index in [-0.39, 0.29) is 0 Å². The van der Waals surface area contributed by atoms with Crippen molar-refractivity contribution in [3.8, 4) is 11.1 Å². The molecule has 0 radical (unpaired) electrons. The second-order valence-electron chi connectivity index (χ2n) is 4.50. The predicted molar refractivity (Wildman–Crippen MR) is 86.9 cm³/mol. The van der Waals surface area contributed by atoms with E-state index in [1.165, 1.54) is 33.4 Å². The molecule has 102 valence electrons. The van der Waals surface area contributed by atoms with Gasteiger partial charge in [0.25, 0.3) is 0 Å². The average Bonchev–Trinajstić information content (AvgIpc) is 2.80. The number of aryl methyl sites for hydroxylation is 2. The van der Waals surface area contributed by atoms with Gasteiger partial charge in [-0.15, -0.1) is 0 Å². The fourth-order valence-corrected chi connectivity index (χ4v) is 2.43. The molecule has 0 bridgehead atoms. The molecule has 0 aromatic heterocycles. The molecule has 0 spiro atoms. The van der Waals surface area contributed by atoms with Crippen LogP contribution in [0.5, 0.6) is 0 Å². The molecule has 0 fully saturated rings. The topological polar surface area (TPSA) is 0 Å². The van der Waals surface area contributed by atoms with Crippen LogP contribution in [0.2, 0.25) is 0 Å². The van der Waals surface area contributed by atoms with E-state index >= 15 is 0 Å². The molecule has 0 heteroatoms. The third-order valence-electron chi connectivity index (χ3n) is 3.20. The van der Waals surface area contributed by atoms with E-state index in [1.807, 2.05) is 27.7 Å². The minimum absolute atomic E-state index is 1.10. The first-order chi connectivity index (χ1) is 9.24. The summed E-state index contributed by atoms with van der Waals surface area (Å²) in [7, 11) is 0. The highest BCUT2D eigenvalue weighted by atomic mass is 14.2. The van der Waals surface area contributed by atoms with Crippen molar-refractivity contribution in [2.24, 2.45) is 0 Å². The molecule has 3 rings (SSSR count). The highest BCUT2D eigenvalue weighted by Gasteiger charge is 2.17. The molecule has 0 aliphatic heterocycles. The largest absolute Gasteiger partial charge is 0.0683 e. The first-order valence-corrected chi connectivity index (χ1v) is 7.43. The summed E-state index contributed by atoms with van der Waals surface area (Å²) in [4.78, 5) is 0. The van der Waals surface area contributed by atoms with Crippen LogP contribution in [0.3, 0.4) is 0 Å². The van der Waals surface area contributed by atoms with Crippen LogP contribution in [0, 0.1) is 13.8 Å². The van der Waals surface area contributed by atoms with Crippen LogP contribution in [0.4, 0.5) is 0 Å². The fourth-order valence-electron chi connectivity index (χ4n) is 2.43. The van der Waals surface area contributed by atoms with Gasteiger partial charge < -0.3 is 0 Å². The zero-order chi connectivity index (χ0) is 14.4. The van der Waals surface area contributed by atoms with Crippen molar-refractivity contribution in [2.45, 2.75) is 48.0 Å². The fraction of sp³-hybridized carbons (Fsp3) is 0.368. The van der Waals surface area contributed by atoms with E-state index in [4.69, 9.17) is 0 Å². The SMILES string of the molecule is CC.CC.Cc1ccc2c(c1)Cc1ccc(C)cc1-2. The van der Waals surface area contributed by atoms with Crippen LogP contribution in [-0.2, 0) is 6.42 Å². The molecule has 2 aromatic carbocycles. The minimum Gasteiger partial charge on any atom is -0.0683 e. The van der Waals surface area contributed by atoms with Crippen molar-refractivity contribution in [1.29, 1.82) is 0 Å². The molecule has 0 nitrogen and oxygen atoms in total. The standard InChI is InChI=1S/C15H14.2C2H6/c1-10-4-6-14-13(7-10)9-12-5-3-11(2)8-15(12)14;2*1-2/h3-8H,9H2,1-2H3;2*1-2H3. The van der Waals surface area contributed by atoms with E-state index in [9.17, 15) is 0 Å². The first-order valence-electron chi connectivity index (χ1n) is 7.43. The van der Waals surface area contributed by atoms with Crippen LogP contribution >= 0.6 is 0 Å². The van der Waals surface area contributed by atoms with Crippen molar-refractivity contribution in [2.75, 3.05) is 0 Å². The minimum atomic E-state index is 1.10. The van der Waals surface area contributed by atoms with E-state index in [2.05, 4.69) is 50.2 Å². The Morgan fingerprint density at radius 2 is 1.21 bits per heavy atom. The quantitative estimate of drug-likeness (QED) is 0.466. The molecule has 0 atom stereocenters. The van der Waals surface area contributed by atoms with Gasteiger partial charge in [-0.2, -0.15) is 0 Å². The molecule has 0 amide bonds. The zero-order valence-electron chi connectivity index (χ0n) is 13.2. The molecule has 19 heavy (non-hydrogen) atoms. The Bertz CT molecular complexity index is 536. The Balaban J connectivity index is 0.000000415. The summed E-state index contributed by atoms with van der Waals surface area (Å²) in [5.41, 5.74) is 8.53. The van der Waals surface area contributed by atoms with Crippen LogP contribution < -0.4 is 0 Å². The number of hydrogen-bond donors (Lipinski definition) is 0. The summed E-state index contributed by atoms with van der Waals surface area (Å²) < 4.78 is 0. The molecule has 0 saturated heterocycles. The Morgan fingerprint density at radius 1 is 0.632 bits per heavy atom. The van der Waals surface area contributed by atoms with Crippen LogP contribution in [0.1, 0.15) is 49.9 Å². The van der Waals surface area contributed by atoms with Crippen molar-refractivity contribution < 1.29 is 0 Å². The van der Waals surface area contributed by atoms with Gasteiger partial charge in [-0.3, -0.25) is 0 Å². The van der Waals surface area contributed by atoms with Gasteiger partial charge in [-0.05, 0) is 42.5 Å². The summed E-state index contributed by atoms with van der Waals surface area (Å²) in [6, 6.07) is 13.5. The third-order valence-corrected chi connectivity index (χ3v) is 3.20. The van der Waals surface area contributed by atoms with E-state index in [1.54, 1.807) is 0 Å². The second kappa shape index (κ2) is 7.13. The molecule has 1 aliphatic rings.